The molecule has 3 aromatic rings. The van der Waals surface area contributed by atoms with E-state index in [4.69, 9.17) is 10.1 Å². The van der Waals surface area contributed by atoms with Gasteiger partial charge in [0.2, 0.25) is 0 Å². The number of rotatable bonds is 7. The largest absolute Gasteiger partial charge is 0.378 e. The summed E-state index contributed by atoms with van der Waals surface area (Å²) in [5.74, 6) is 0.369. The zero-order chi connectivity index (χ0) is 21.1. The number of piperidine rings is 1. The predicted octanol–water partition coefficient (Wildman–Crippen LogP) is 4.80. The summed E-state index contributed by atoms with van der Waals surface area (Å²) in [5.41, 5.74) is 5.58. The maximum atomic E-state index is 4.96. The molecule has 6 nitrogen and oxygen atoms in total. The molecular weight excluding hydrogens is 428 g/mol. The summed E-state index contributed by atoms with van der Waals surface area (Å²) >= 11 is 1.90. The molecule has 1 aliphatic heterocycles. The molecular formula is C23H33ClN6S. The van der Waals surface area contributed by atoms with E-state index in [1.54, 1.807) is 0 Å². The van der Waals surface area contributed by atoms with Crippen molar-refractivity contribution in [2.45, 2.75) is 49.4 Å². The van der Waals surface area contributed by atoms with Crippen LogP contribution in [0.2, 0.25) is 0 Å². The quantitative estimate of drug-likeness (QED) is 0.528. The molecule has 1 fully saturated rings. The number of thioether (sulfide) groups is 1. The molecule has 0 radical (unpaired) electrons. The van der Waals surface area contributed by atoms with Crippen molar-refractivity contribution in [3.05, 3.63) is 47.8 Å². The molecule has 4 rings (SSSR count). The third-order valence-electron chi connectivity index (χ3n) is 5.58. The Morgan fingerprint density at radius 3 is 2.68 bits per heavy atom. The minimum atomic E-state index is 0. The van der Waals surface area contributed by atoms with E-state index in [1.807, 2.05) is 22.5 Å². The molecule has 0 aliphatic carbocycles. The second-order valence-electron chi connectivity index (χ2n) is 8.41. The van der Waals surface area contributed by atoms with Crippen molar-refractivity contribution in [1.82, 2.24) is 19.9 Å². The second kappa shape index (κ2) is 10.6. The van der Waals surface area contributed by atoms with Gasteiger partial charge in [0.25, 0.3) is 0 Å². The van der Waals surface area contributed by atoms with Gasteiger partial charge >= 0.3 is 0 Å². The molecule has 2 N–H and O–H groups in total. The average molecular weight is 461 g/mol. The van der Waals surface area contributed by atoms with Crippen molar-refractivity contribution in [2.24, 2.45) is 0 Å². The van der Waals surface area contributed by atoms with Gasteiger partial charge in [-0.1, -0.05) is 32.0 Å². The van der Waals surface area contributed by atoms with Gasteiger partial charge < -0.3 is 15.5 Å². The van der Waals surface area contributed by atoms with Crippen molar-refractivity contribution < 1.29 is 0 Å². The highest BCUT2D eigenvalue weighted by Gasteiger charge is 2.19. The summed E-state index contributed by atoms with van der Waals surface area (Å²) in [6.07, 6.45) is 4.33. The van der Waals surface area contributed by atoms with E-state index in [1.165, 1.54) is 24.1 Å². The van der Waals surface area contributed by atoms with Crippen LogP contribution < -0.4 is 15.5 Å². The number of nitrogens with one attached hydrogen (secondary N) is 2. The topological polar surface area (TPSA) is 57.5 Å². The highest BCUT2D eigenvalue weighted by atomic mass is 35.5. The van der Waals surface area contributed by atoms with Crippen LogP contribution in [0.15, 0.2) is 41.6 Å². The Morgan fingerprint density at radius 2 is 1.97 bits per heavy atom. The molecule has 1 saturated heterocycles. The molecule has 3 heterocycles. The number of aromatic nitrogens is 3. The smallest absolute Gasteiger partial charge is 0.177 e. The third-order valence-corrected chi connectivity index (χ3v) is 6.83. The number of halogens is 1. The van der Waals surface area contributed by atoms with Crippen LogP contribution in [0.3, 0.4) is 0 Å². The normalized spacial score (nSPS) is 14.6. The van der Waals surface area contributed by atoms with E-state index in [9.17, 15) is 0 Å². The fourth-order valence-electron chi connectivity index (χ4n) is 3.92. The molecule has 1 aliphatic rings. The van der Waals surface area contributed by atoms with Crippen LogP contribution in [0, 0.1) is 0 Å². The first-order valence-corrected chi connectivity index (χ1v) is 11.7. The number of benzene rings is 1. The molecule has 0 amide bonds. The van der Waals surface area contributed by atoms with Gasteiger partial charge in [-0.15, -0.1) is 24.2 Å². The molecule has 2 aromatic heterocycles. The van der Waals surface area contributed by atoms with Crippen LogP contribution in [0.4, 0.5) is 11.4 Å². The van der Waals surface area contributed by atoms with Gasteiger partial charge in [-0.3, -0.25) is 0 Å². The average Bonchev–Trinajstić information content (AvgIpc) is 3.17. The molecule has 31 heavy (non-hydrogen) atoms. The fourth-order valence-corrected chi connectivity index (χ4v) is 5.04. The van der Waals surface area contributed by atoms with Crippen molar-refractivity contribution in [1.29, 1.82) is 0 Å². The molecule has 168 valence electrons. The number of hydrogen-bond donors (Lipinski definition) is 2. The minimum absolute atomic E-state index is 0. The molecule has 0 spiro atoms. The molecule has 0 atom stereocenters. The van der Waals surface area contributed by atoms with E-state index in [2.05, 4.69) is 73.8 Å². The van der Waals surface area contributed by atoms with Gasteiger partial charge in [-0.2, -0.15) is 5.10 Å². The maximum Gasteiger partial charge on any atom is 0.177 e. The Morgan fingerprint density at radius 1 is 1.23 bits per heavy atom. The second-order valence-corrected chi connectivity index (χ2v) is 9.73. The first-order valence-electron chi connectivity index (χ1n) is 10.8. The number of anilines is 2. The zero-order valence-corrected chi connectivity index (χ0v) is 20.4. The Balaban J connectivity index is 0.00000272. The number of nitrogens with zero attached hydrogens (tertiary/aromatic N) is 4. The van der Waals surface area contributed by atoms with Gasteiger partial charge in [0.05, 0.1) is 17.6 Å². The lowest BCUT2D eigenvalue weighted by Gasteiger charge is -2.22. The van der Waals surface area contributed by atoms with Crippen molar-refractivity contribution in [2.75, 3.05) is 37.4 Å². The van der Waals surface area contributed by atoms with E-state index < -0.39 is 0 Å². The van der Waals surface area contributed by atoms with E-state index in [0.29, 0.717) is 11.2 Å². The number of hydrogen-bond acceptors (Lipinski definition) is 6. The molecule has 1 aromatic carbocycles. The molecule has 0 saturated carbocycles. The lowest BCUT2D eigenvalue weighted by atomic mass is 10.1. The van der Waals surface area contributed by atoms with Crippen LogP contribution in [-0.4, -0.2) is 47.0 Å². The zero-order valence-electron chi connectivity index (χ0n) is 18.8. The Bertz CT molecular complexity index is 997. The SMILES string of the molecule is CC(C)c1cnc2c(NCc3ccccc3N(C)C)cc(SC3CCNCC3)nn12.Cl. The van der Waals surface area contributed by atoms with Crippen molar-refractivity contribution in [3.8, 4) is 0 Å². The van der Waals surface area contributed by atoms with Crippen molar-refractivity contribution in [3.63, 3.8) is 0 Å². The van der Waals surface area contributed by atoms with Crippen LogP contribution in [0.1, 0.15) is 43.9 Å². The fraction of sp³-hybridized carbons (Fsp3) is 0.478. The van der Waals surface area contributed by atoms with E-state index in [0.717, 1.165) is 41.7 Å². The lowest BCUT2D eigenvalue weighted by Crippen LogP contribution is -2.29. The third kappa shape index (κ3) is 5.45. The standard InChI is InChI=1S/C23H32N6S.ClH/c1-16(2)21-15-26-23-19(25-14-17-7-5-6-8-20(17)28(3)4)13-22(27-29(21)23)30-18-9-11-24-12-10-18;/h5-8,13,15-16,18,24-25H,9-12,14H2,1-4H3;1H. The van der Waals surface area contributed by atoms with Gasteiger partial charge in [0, 0.05) is 31.6 Å². The van der Waals surface area contributed by atoms with Gasteiger partial charge in [0.15, 0.2) is 5.65 Å². The first kappa shape index (κ1) is 23.7. The lowest BCUT2D eigenvalue weighted by molar-refractivity contribution is 0.531. The summed E-state index contributed by atoms with van der Waals surface area (Å²) in [4.78, 5) is 6.86. The Labute approximate surface area is 195 Å². The summed E-state index contributed by atoms with van der Waals surface area (Å²) in [6.45, 7) is 7.31. The predicted molar refractivity (Wildman–Crippen MR) is 134 cm³/mol. The summed E-state index contributed by atoms with van der Waals surface area (Å²) in [5, 5.41) is 13.7. The minimum Gasteiger partial charge on any atom is -0.378 e. The molecule has 8 heteroatoms. The van der Waals surface area contributed by atoms with Crippen LogP contribution in [0.5, 0.6) is 0 Å². The summed E-state index contributed by atoms with van der Waals surface area (Å²) in [7, 11) is 4.17. The van der Waals surface area contributed by atoms with Crippen LogP contribution >= 0.6 is 24.2 Å². The van der Waals surface area contributed by atoms with Crippen LogP contribution in [-0.2, 0) is 6.54 Å². The summed E-state index contributed by atoms with van der Waals surface area (Å²) in [6, 6.07) is 10.7. The maximum absolute atomic E-state index is 4.96. The Kier molecular flexibility index (Phi) is 8.08. The van der Waals surface area contributed by atoms with E-state index in [-0.39, 0.29) is 12.4 Å². The summed E-state index contributed by atoms with van der Waals surface area (Å²) < 4.78 is 2.04. The number of imidazole rings is 1. The highest BCUT2D eigenvalue weighted by Crippen LogP contribution is 2.31. The highest BCUT2D eigenvalue weighted by molar-refractivity contribution is 7.99. The Hall–Kier alpha value is -1.96. The molecule has 0 bridgehead atoms. The van der Waals surface area contributed by atoms with Crippen LogP contribution in [0.25, 0.3) is 5.65 Å². The van der Waals surface area contributed by atoms with E-state index >= 15 is 0 Å². The van der Waals surface area contributed by atoms with Gasteiger partial charge in [-0.05, 0) is 49.5 Å². The number of para-hydroxylation sites is 1. The number of fused-ring (bicyclic) bond motifs is 1. The first-order chi connectivity index (χ1) is 14.5. The van der Waals surface area contributed by atoms with Crippen molar-refractivity contribution >= 4 is 41.2 Å². The monoisotopic (exact) mass is 460 g/mol. The molecule has 0 unspecified atom stereocenters. The van der Waals surface area contributed by atoms with Gasteiger partial charge in [-0.25, -0.2) is 9.50 Å². The van der Waals surface area contributed by atoms with Gasteiger partial charge in [0.1, 0.15) is 5.03 Å².